The number of pyridine rings is 1. The van der Waals surface area contributed by atoms with Gasteiger partial charge in [-0.2, -0.15) is 10.4 Å². The summed E-state index contributed by atoms with van der Waals surface area (Å²) in [6, 6.07) is 11.0. The lowest BCUT2D eigenvalue weighted by molar-refractivity contribution is 0.226. The predicted molar refractivity (Wildman–Crippen MR) is 109 cm³/mol. The maximum Gasteiger partial charge on any atom is 0.166 e. The second-order valence-electron chi connectivity index (χ2n) is 7.85. The van der Waals surface area contributed by atoms with Gasteiger partial charge in [0.1, 0.15) is 17.9 Å². The van der Waals surface area contributed by atoms with E-state index in [9.17, 15) is 5.26 Å². The minimum absolute atomic E-state index is 0.171. The Morgan fingerprint density at radius 2 is 2.10 bits per heavy atom. The zero-order valence-electron chi connectivity index (χ0n) is 16.7. The number of rotatable bonds is 0. The van der Waals surface area contributed by atoms with Gasteiger partial charge in [-0.15, -0.1) is 0 Å². The zero-order valence-corrected chi connectivity index (χ0v) is 16.7. The second kappa shape index (κ2) is 6.33. The molecule has 0 radical (unpaired) electrons. The van der Waals surface area contributed by atoms with Crippen LogP contribution in [0.15, 0.2) is 30.5 Å². The van der Waals surface area contributed by atoms with Crippen LogP contribution in [-0.4, -0.2) is 26.2 Å². The van der Waals surface area contributed by atoms with Gasteiger partial charge in [-0.05, 0) is 31.0 Å². The highest BCUT2D eigenvalue weighted by atomic mass is 16.5. The van der Waals surface area contributed by atoms with Gasteiger partial charge < -0.3 is 10.5 Å². The van der Waals surface area contributed by atoms with Gasteiger partial charge in [0.25, 0.3) is 0 Å². The monoisotopic (exact) mass is 386 g/mol. The van der Waals surface area contributed by atoms with Crippen molar-refractivity contribution in [2.45, 2.75) is 32.5 Å². The van der Waals surface area contributed by atoms with Crippen LogP contribution in [0.3, 0.4) is 0 Å². The van der Waals surface area contributed by atoms with Crippen LogP contribution in [0.1, 0.15) is 47.1 Å². The molecule has 2 aliphatic heterocycles. The van der Waals surface area contributed by atoms with E-state index in [1.807, 2.05) is 13.0 Å². The van der Waals surface area contributed by atoms with Crippen molar-refractivity contribution in [2.24, 2.45) is 7.05 Å². The molecule has 0 spiro atoms. The molecule has 1 saturated heterocycles. The third kappa shape index (κ3) is 2.84. The summed E-state index contributed by atoms with van der Waals surface area (Å²) < 4.78 is 7.92. The number of benzene rings is 1. The summed E-state index contributed by atoms with van der Waals surface area (Å²) in [5.74, 6) is 0.859. The molecular formula is C22H22N6O. The topological polar surface area (TPSA) is 92.8 Å². The van der Waals surface area contributed by atoms with Crippen LogP contribution < -0.4 is 10.5 Å². The van der Waals surface area contributed by atoms with Crippen molar-refractivity contribution < 1.29 is 4.74 Å². The average molecular weight is 386 g/mol. The Morgan fingerprint density at radius 3 is 2.90 bits per heavy atom. The molecule has 1 fully saturated rings. The van der Waals surface area contributed by atoms with E-state index in [2.05, 4.69) is 46.2 Å². The number of nitrogens with two attached hydrogens (primary N) is 1. The highest BCUT2D eigenvalue weighted by Crippen LogP contribution is 2.43. The van der Waals surface area contributed by atoms with Crippen molar-refractivity contribution >= 4 is 5.82 Å². The van der Waals surface area contributed by atoms with Crippen LogP contribution in [0.2, 0.25) is 0 Å². The Bertz CT molecular complexity index is 1170. The number of nitriles is 1. The first-order valence-electron chi connectivity index (χ1n) is 9.69. The molecule has 0 saturated carbocycles. The first-order chi connectivity index (χ1) is 14.0. The van der Waals surface area contributed by atoms with Crippen molar-refractivity contribution in [3.63, 3.8) is 0 Å². The van der Waals surface area contributed by atoms with Crippen molar-refractivity contribution in [3.8, 4) is 22.9 Å². The molecule has 3 aromatic rings. The SMILES string of the molecule is Cc1ccc2c(c1)[C@@H](C)Oc1cc(cnc1N)-c1c(nn(C)c1C#N)CN1CC21. The molecule has 2 N–H and O–H groups in total. The highest BCUT2D eigenvalue weighted by molar-refractivity contribution is 5.73. The van der Waals surface area contributed by atoms with Crippen molar-refractivity contribution in [1.29, 1.82) is 5.26 Å². The molecule has 2 unspecified atom stereocenters. The lowest BCUT2D eigenvalue weighted by Crippen LogP contribution is -2.11. The van der Waals surface area contributed by atoms with Gasteiger partial charge in [0.15, 0.2) is 11.6 Å². The van der Waals surface area contributed by atoms with Crippen LogP contribution in [0.4, 0.5) is 5.82 Å². The van der Waals surface area contributed by atoms with Gasteiger partial charge in [-0.25, -0.2) is 4.98 Å². The van der Waals surface area contributed by atoms with Crippen molar-refractivity contribution in [3.05, 3.63) is 58.5 Å². The van der Waals surface area contributed by atoms with Crippen molar-refractivity contribution in [2.75, 3.05) is 12.3 Å². The first-order valence-corrected chi connectivity index (χ1v) is 9.69. The van der Waals surface area contributed by atoms with E-state index < -0.39 is 0 Å². The lowest BCUT2D eigenvalue weighted by Gasteiger charge is -2.21. The normalized spacial score (nSPS) is 22.1. The number of ether oxygens (including phenoxy) is 1. The summed E-state index contributed by atoms with van der Waals surface area (Å²) in [6.07, 6.45) is 1.52. The molecule has 146 valence electrons. The highest BCUT2D eigenvalue weighted by Gasteiger charge is 2.39. The Morgan fingerprint density at radius 1 is 1.28 bits per heavy atom. The summed E-state index contributed by atoms with van der Waals surface area (Å²) in [4.78, 5) is 6.70. The van der Waals surface area contributed by atoms with Crippen LogP contribution in [0.25, 0.3) is 11.1 Å². The van der Waals surface area contributed by atoms with E-state index in [0.717, 1.165) is 23.4 Å². The zero-order chi connectivity index (χ0) is 20.3. The van der Waals surface area contributed by atoms with E-state index in [4.69, 9.17) is 10.5 Å². The Kier molecular flexibility index (Phi) is 3.86. The van der Waals surface area contributed by atoms with Crippen LogP contribution >= 0.6 is 0 Å². The average Bonchev–Trinajstić information content (AvgIpc) is 3.37. The van der Waals surface area contributed by atoms with Gasteiger partial charge >= 0.3 is 0 Å². The number of hydrogen-bond acceptors (Lipinski definition) is 6. The molecular weight excluding hydrogens is 364 g/mol. The molecule has 2 aliphatic rings. The summed E-state index contributed by atoms with van der Waals surface area (Å²) in [5, 5.41) is 14.4. The minimum atomic E-state index is -0.171. The fourth-order valence-corrected chi connectivity index (χ4v) is 4.25. The van der Waals surface area contributed by atoms with Gasteiger partial charge in [0, 0.05) is 43.5 Å². The van der Waals surface area contributed by atoms with E-state index in [1.54, 1.807) is 17.9 Å². The van der Waals surface area contributed by atoms with Gasteiger partial charge in [0.05, 0.1) is 5.69 Å². The fourth-order valence-electron chi connectivity index (χ4n) is 4.25. The number of anilines is 1. The second-order valence-corrected chi connectivity index (χ2v) is 7.85. The summed E-state index contributed by atoms with van der Waals surface area (Å²) >= 11 is 0. The Balaban J connectivity index is 1.72. The largest absolute Gasteiger partial charge is 0.482 e. The molecule has 2 bridgehead atoms. The predicted octanol–water partition coefficient (Wildman–Crippen LogP) is 3.25. The summed E-state index contributed by atoms with van der Waals surface area (Å²) in [6.45, 7) is 5.77. The first kappa shape index (κ1) is 17.7. The maximum absolute atomic E-state index is 9.71. The standard InChI is InChI=1S/C22H22N6O/c1-12-4-5-15-16(6-12)13(2)29-20-7-14(9-25-22(20)24)21-17(10-28-11-19(15)28)26-27(3)18(21)8-23/h4-7,9,13,19H,10-11H2,1-3H3,(H2,24,25)/t13-,19?,28?/m1/s1. The molecule has 0 amide bonds. The maximum atomic E-state index is 9.71. The third-order valence-corrected chi connectivity index (χ3v) is 5.81. The van der Waals surface area contributed by atoms with Crippen molar-refractivity contribution in [1.82, 2.24) is 19.7 Å². The van der Waals surface area contributed by atoms with Gasteiger partial charge in [-0.1, -0.05) is 23.8 Å². The molecule has 4 heterocycles. The number of nitrogens with zero attached hydrogens (tertiary/aromatic N) is 5. The number of fused-ring (bicyclic) bond motifs is 7. The van der Waals surface area contributed by atoms with Gasteiger partial charge in [-0.3, -0.25) is 9.58 Å². The molecule has 0 aliphatic carbocycles. The number of aromatic nitrogens is 3. The molecule has 7 heteroatoms. The Labute approximate surface area is 169 Å². The molecule has 3 atom stereocenters. The van der Waals surface area contributed by atoms with Crippen LogP contribution in [0.5, 0.6) is 5.75 Å². The lowest BCUT2D eigenvalue weighted by atomic mass is 9.97. The molecule has 1 aromatic carbocycles. The minimum Gasteiger partial charge on any atom is -0.482 e. The summed E-state index contributed by atoms with van der Waals surface area (Å²) in [5.41, 5.74) is 12.7. The third-order valence-electron chi connectivity index (χ3n) is 5.81. The smallest absolute Gasteiger partial charge is 0.166 e. The molecule has 29 heavy (non-hydrogen) atoms. The van der Waals surface area contributed by atoms with E-state index in [-0.39, 0.29) is 6.10 Å². The van der Waals surface area contributed by atoms with E-state index >= 15 is 0 Å². The van der Waals surface area contributed by atoms with Crippen LogP contribution in [-0.2, 0) is 13.6 Å². The quantitative estimate of drug-likeness (QED) is 0.596. The fraction of sp³-hybridized carbons (Fsp3) is 0.318. The number of nitrogen functional groups attached to an aromatic ring is 1. The van der Waals surface area contributed by atoms with E-state index in [1.165, 1.54) is 16.7 Å². The van der Waals surface area contributed by atoms with E-state index in [0.29, 0.717) is 29.8 Å². The number of aryl methyl sites for hydroxylation is 2. The summed E-state index contributed by atoms with van der Waals surface area (Å²) in [7, 11) is 1.80. The van der Waals surface area contributed by atoms with Crippen LogP contribution in [0, 0.1) is 18.3 Å². The Hall–Kier alpha value is -3.37. The van der Waals surface area contributed by atoms with Gasteiger partial charge in [0.2, 0.25) is 0 Å². The molecule has 7 nitrogen and oxygen atoms in total. The number of hydrogen-bond donors (Lipinski definition) is 1. The molecule has 5 rings (SSSR count). The molecule has 2 aromatic heterocycles.